The first-order valence-electron chi connectivity index (χ1n) is 6.91. The van der Waals surface area contributed by atoms with E-state index in [2.05, 4.69) is 0 Å². The number of aliphatic hydroxyl groups is 1. The van der Waals surface area contributed by atoms with Crippen LogP contribution >= 0.6 is 0 Å². The maximum absolute atomic E-state index is 10.3. The second kappa shape index (κ2) is 6.07. The van der Waals surface area contributed by atoms with Crippen LogP contribution in [0.15, 0.2) is 54.6 Å². The van der Waals surface area contributed by atoms with Crippen molar-refractivity contribution in [2.75, 3.05) is 13.2 Å². The molecule has 104 valence electrons. The summed E-state index contributed by atoms with van der Waals surface area (Å²) in [6.45, 7) is 1.39. The Morgan fingerprint density at radius 3 is 2.35 bits per heavy atom. The van der Waals surface area contributed by atoms with Gasteiger partial charge < -0.3 is 14.6 Å². The predicted octanol–water partition coefficient (Wildman–Crippen LogP) is 3.55. The highest BCUT2D eigenvalue weighted by Gasteiger charge is 2.25. The standard InChI is InChI=1S/C17H18O3/c18-17(14-10-11-19-12-14)13-6-8-16(9-7-13)20-15-4-2-1-3-5-15/h1-9,14,17-18H,10-12H2. The molecule has 0 saturated carbocycles. The van der Waals surface area contributed by atoms with Crippen LogP contribution in [0.25, 0.3) is 0 Å². The van der Waals surface area contributed by atoms with Crippen LogP contribution in [0.5, 0.6) is 11.5 Å². The van der Waals surface area contributed by atoms with Gasteiger partial charge in [-0.3, -0.25) is 0 Å². The Morgan fingerprint density at radius 2 is 1.70 bits per heavy atom. The molecule has 2 aromatic rings. The lowest BCUT2D eigenvalue weighted by Crippen LogP contribution is -2.12. The zero-order chi connectivity index (χ0) is 13.8. The number of benzene rings is 2. The Balaban J connectivity index is 1.68. The summed E-state index contributed by atoms with van der Waals surface area (Å²) in [7, 11) is 0. The third-order valence-corrected chi connectivity index (χ3v) is 3.61. The van der Waals surface area contributed by atoms with Crippen LogP contribution in [0.4, 0.5) is 0 Å². The summed E-state index contributed by atoms with van der Waals surface area (Å²) in [5.41, 5.74) is 0.918. The van der Waals surface area contributed by atoms with Gasteiger partial charge in [-0.2, -0.15) is 0 Å². The summed E-state index contributed by atoms with van der Waals surface area (Å²) in [5, 5.41) is 10.3. The van der Waals surface area contributed by atoms with Gasteiger partial charge >= 0.3 is 0 Å². The van der Waals surface area contributed by atoms with Gasteiger partial charge in [0.15, 0.2) is 0 Å². The van der Waals surface area contributed by atoms with Crippen molar-refractivity contribution in [2.24, 2.45) is 5.92 Å². The normalized spacial score (nSPS) is 19.8. The molecule has 3 heteroatoms. The van der Waals surface area contributed by atoms with E-state index in [9.17, 15) is 5.11 Å². The molecule has 2 aromatic carbocycles. The number of hydrogen-bond donors (Lipinski definition) is 1. The van der Waals surface area contributed by atoms with Crippen LogP contribution in [0.3, 0.4) is 0 Å². The van der Waals surface area contributed by atoms with Crippen molar-refractivity contribution < 1.29 is 14.6 Å². The second-order valence-electron chi connectivity index (χ2n) is 5.05. The average Bonchev–Trinajstić information content (AvgIpc) is 3.03. The SMILES string of the molecule is OC(c1ccc(Oc2ccccc2)cc1)C1CCOC1. The van der Waals surface area contributed by atoms with Crippen molar-refractivity contribution in [1.82, 2.24) is 0 Å². The second-order valence-corrected chi connectivity index (χ2v) is 5.05. The molecule has 1 N–H and O–H groups in total. The fourth-order valence-corrected chi connectivity index (χ4v) is 2.43. The number of hydrogen-bond acceptors (Lipinski definition) is 3. The fraction of sp³-hybridized carbons (Fsp3) is 0.294. The predicted molar refractivity (Wildman–Crippen MR) is 76.8 cm³/mol. The highest BCUT2D eigenvalue weighted by atomic mass is 16.5. The lowest BCUT2D eigenvalue weighted by Gasteiger charge is -2.17. The van der Waals surface area contributed by atoms with Gasteiger partial charge in [0.1, 0.15) is 11.5 Å². The molecule has 0 amide bonds. The first kappa shape index (κ1) is 13.2. The molecule has 0 aliphatic carbocycles. The van der Waals surface area contributed by atoms with Crippen molar-refractivity contribution in [3.05, 3.63) is 60.2 Å². The zero-order valence-electron chi connectivity index (χ0n) is 11.2. The van der Waals surface area contributed by atoms with Gasteiger partial charge in [0.25, 0.3) is 0 Å². The topological polar surface area (TPSA) is 38.7 Å². The molecule has 2 unspecified atom stereocenters. The summed E-state index contributed by atoms with van der Waals surface area (Å²) < 4.78 is 11.0. The molecule has 0 bridgehead atoms. The van der Waals surface area contributed by atoms with E-state index >= 15 is 0 Å². The van der Waals surface area contributed by atoms with Crippen molar-refractivity contribution in [2.45, 2.75) is 12.5 Å². The van der Waals surface area contributed by atoms with E-state index < -0.39 is 6.10 Å². The lowest BCUT2D eigenvalue weighted by molar-refractivity contribution is 0.0918. The highest BCUT2D eigenvalue weighted by Crippen LogP contribution is 2.30. The number of aliphatic hydroxyl groups excluding tert-OH is 1. The summed E-state index contributed by atoms with van der Waals surface area (Å²) >= 11 is 0. The van der Waals surface area contributed by atoms with E-state index in [0.717, 1.165) is 30.1 Å². The van der Waals surface area contributed by atoms with E-state index in [1.165, 1.54) is 0 Å². The summed E-state index contributed by atoms with van der Waals surface area (Å²) in [4.78, 5) is 0. The van der Waals surface area contributed by atoms with Gasteiger partial charge in [0.2, 0.25) is 0 Å². The van der Waals surface area contributed by atoms with E-state index in [-0.39, 0.29) is 5.92 Å². The van der Waals surface area contributed by atoms with Crippen LogP contribution in [0, 0.1) is 5.92 Å². The smallest absolute Gasteiger partial charge is 0.127 e. The molecule has 2 atom stereocenters. The molecule has 0 spiro atoms. The molecule has 20 heavy (non-hydrogen) atoms. The Labute approximate surface area is 118 Å². The van der Waals surface area contributed by atoms with Crippen LogP contribution in [-0.2, 0) is 4.74 Å². The van der Waals surface area contributed by atoms with Crippen molar-refractivity contribution in [3.63, 3.8) is 0 Å². The fourth-order valence-electron chi connectivity index (χ4n) is 2.43. The third kappa shape index (κ3) is 3.00. The van der Waals surface area contributed by atoms with E-state index in [4.69, 9.17) is 9.47 Å². The number of ether oxygens (including phenoxy) is 2. The summed E-state index contributed by atoms with van der Waals surface area (Å²) in [6.07, 6.45) is 0.465. The largest absolute Gasteiger partial charge is 0.457 e. The molecule has 1 heterocycles. The summed E-state index contributed by atoms with van der Waals surface area (Å²) in [6, 6.07) is 17.3. The highest BCUT2D eigenvalue weighted by molar-refractivity contribution is 5.33. The van der Waals surface area contributed by atoms with Gasteiger partial charge in [-0.15, -0.1) is 0 Å². The molecule has 1 aliphatic rings. The minimum atomic E-state index is -0.455. The average molecular weight is 270 g/mol. The van der Waals surface area contributed by atoms with Crippen LogP contribution in [0.2, 0.25) is 0 Å². The quantitative estimate of drug-likeness (QED) is 0.923. The van der Waals surface area contributed by atoms with Gasteiger partial charge in [-0.25, -0.2) is 0 Å². The Kier molecular flexibility index (Phi) is 4.00. The zero-order valence-corrected chi connectivity index (χ0v) is 11.2. The maximum Gasteiger partial charge on any atom is 0.127 e. The van der Waals surface area contributed by atoms with Crippen molar-refractivity contribution >= 4 is 0 Å². The minimum Gasteiger partial charge on any atom is -0.457 e. The van der Waals surface area contributed by atoms with E-state index in [1.54, 1.807) is 0 Å². The van der Waals surface area contributed by atoms with Crippen molar-refractivity contribution in [3.8, 4) is 11.5 Å². The van der Waals surface area contributed by atoms with E-state index in [0.29, 0.717) is 6.61 Å². The molecule has 0 aromatic heterocycles. The van der Waals surface area contributed by atoms with Crippen LogP contribution < -0.4 is 4.74 Å². The molecule has 1 fully saturated rings. The van der Waals surface area contributed by atoms with Crippen molar-refractivity contribution in [1.29, 1.82) is 0 Å². The first-order chi connectivity index (χ1) is 9.83. The lowest BCUT2D eigenvalue weighted by atomic mass is 9.95. The maximum atomic E-state index is 10.3. The number of para-hydroxylation sites is 1. The van der Waals surface area contributed by atoms with Gasteiger partial charge in [0.05, 0.1) is 12.7 Å². The monoisotopic (exact) mass is 270 g/mol. The molecule has 3 nitrogen and oxygen atoms in total. The van der Waals surface area contributed by atoms with Crippen LogP contribution in [0.1, 0.15) is 18.1 Å². The molecule has 0 radical (unpaired) electrons. The first-order valence-corrected chi connectivity index (χ1v) is 6.91. The Hall–Kier alpha value is -1.84. The third-order valence-electron chi connectivity index (χ3n) is 3.61. The molecule has 3 rings (SSSR count). The summed E-state index contributed by atoms with van der Waals surface area (Å²) in [5.74, 6) is 1.79. The Morgan fingerprint density at radius 1 is 1.00 bits per heavy atom. The minimum absolute atomic E-state index is 0.205. The van der Waals surface area contributed by atoms with Gasteiger partial charge in [-0.1, -0.05) is 30.3 Å². The van der Waals surface area contributed by atoms with Gasteiger partial charge in [-0.05, 0) is 36.2 Å². The molecule has 1 saturated heterocycles. The molecule has 1 aliphatic heterocycles. The molecular weight excluding hydrogens is 252 g/mol. The van der Waals surface area contributed by atoms with Crippen LogP contribution in [-0.4, -0.2) is 18.3 Å². The number of rotatable bonds is 4. The van der Waals surface area contributed by atoms with E-state index in [1.807, 2.05) is 54.6 Å². The van der Waals surface area contributed by atoms with Gasteiger partial charge in [0, 0.05) is 12.5 Å². The Bertz CT molecular complexity index is 530. The molecular formula is C17H18O3.